The van der Waals surface area contributed by atoms with Gasteiger partial charge in [0.2, 0.25) is 0 Å². The number of hydrogen-bond acceptors (Lipinski definition) is 3. The number of rotatable bonds is 3. The molecule has 3 rings (SSSR count). The van der Waals surface area contributed by atoms with Crippen molar-refractivity contribution < 1.29 is 13.9 Å². The largest absolute Gasteiger partial charge is 0.377 e. The average molecular weight is 332 g/mol. The number of aryl methyl sites for hydroxylation is 1. The van der Waals surface area contributed by atoms with Crippen molar-refractivity contribution in [3.8, 4) is 0 Å². The number of hydrogen-bond donors (Lipinski definition) is 1. The first-order chi connectivity index (χ1) is 11.6. The molecule has 0 saturated carbocycles. The van der Waals surface area contributed by atoms with E-state index in [1.165, 1.54) is 12.1 Å². The van der Waals surface area contributed by atoms with Gasteiger partial charge in [-0.3, -0.25) is 0 Å². The standard InChI is InChI=1S/C17H21FN4O2/c1-12-11-24-10-9-22(12)17(23)20-15(16-19-7-8-21(16)2)13-3-5-14(18)6-4-13/h3-8,12,15H,9-11H2,1-2H3,(H,20,23)/t12-,15-/m0/s1. The fourth-order valence-corrected chi connectivity index (χ4v) is 2.84. The Balaban J connectivity index is 1.86. The zero-order valence-electron chi connectivity index (χ0n) is 13.8. The Bertz CT molecular complexity index is 701. The maximum absolute atomic E-state index is 13.2. The summed E-state index contributed by atoms with van der Waals surface area (Å²) in [6, 6.07) is 5.48. The quantitative estimate of drug-likeness (QED) is 0.936. The lowest BCUT2D eigenvalue weighted by Crippen LogP contribution is -2.52. The van der Waals surface area contributed by atoms with E-state index in [9.17, 15) is 9.18 Å². The number of halogens is 1. The second-order valence-electron chi connectivity index (χ2n) is 5.95. The van der Waals surface area contributed by atoms with Crippen LogP contribution in [0.1, 0.15) is 24.4 Å². The van der Waals surface area contributed by atoms with Crippen LogP contribution in [0.5, 0.6) is 0 Å². The Morgan fingerprint density at radius 3 is 2.79 bits per heavy atom. The number of morpholine rings is 1. The summed E-state index contributed by atoms with van der Waals surface area (Å²) in [7, 11) is 1.86. The summed E-state index contributed by atoms with van der Waals surface area (Å²) in [6.45, 7) is 3.55. The topological polar surface area (TPSA) is 59.4 Å². The summed E-state index contributed by atoms with van der Waals surface area (Å²) in [5.74, 6) is 0.376. The number of carbonyl (C=O) groups is 1. The van der Waals surface area contributed by atoms with Crippen molar-refractivity contribution in [1.29, 1.82) is 0 Å². The molecule has 2 atom stereocenters. The highest BCUT2D eigenvalue weighted by Crippen LogP contribution is 2.21. The van der Waals surface area contributed by atoms with E-state index in [2.05, 4.69) is 10.3 Å². The second-order valence-corrected chi connectivity index (χ2v) is 5.95. The second kappa shape index (κ2) is 7.00. The molecule has 1 fully saturated rings. The van der Waals surface area contributed by atoms with Gasteiger partial charge in [-0.25, -0.2) is 14.2 Å². The van der Waals surface area contributed by atoms with Crippen molar-refractivity contribution in [2.24, 2.45) is 7.05 Å². The molecule has 1 saturated heterocycles. The lowest BCUT2D eigenvalue weighted by molar-refractivity contribution is 0.0186. The Hall–Kier alpha value is -2.41. The minimum absolute atomic E-state index is 0.00832. The molecule has 1 aromatic carbocycles. The molecule has 128 valence electrons. The number of amides is 2. The summed E-state index contributed by atoms with van der Waals surface area (Å²) in [6.07, 6.45) is 3.49. The van der Waals surface area contributed by atoms with Crippen molar-refractivity contribution in [3.05, 3.63) is 53.9 Å². The van der Waals surface area contributed by atoms with E-state index < -0.39 is 6.04 Å². The van der Waals surface area contributed by atoms with Crippen LogP contribution in [-0.2, 0) is 11.8 Å². The SMILES string of the molecule is C[C@H]1COCCN1C(=O)N[C@@H](c1ccc(F)cc1)c1nccn1C. The van der Waals surface area contributed by atoms with E-state index in [0.717, 1.165) is 5.56 Å². The molecule has 1 aromatic heterocycles. The summed E-state index contributed by atoms with van der Waals surface area (Å²) < 4.78 is 20.5. The highest BCUT2D eigenvalue weighted by molar-refractivity contribution is 5.75. The lowest BCUT2D eigenvalue weighted by atomic mass is 10.1. The number of aromatic nitrogens is 2. The Labute approximate surface area is 140 Å². The van der Waals surface area contributed by atoms with E-state index in [4.69, 9.17) is 4.74 Å². The van der Waals surface area contributed by atoms with E-state index in [1.807, 2.05) is 24.7 Å². The van der Waals surface area contributed by atoms with Gasteiger partial charge in [-0.2, -0.15) is 0 Å². The molecule has 0 unspecified atom stereocenters. The number of nitrogens with zero attached hydrogens (tertiary/aromatic N) is 3. The van der Waals surface area contributed by atoms with Gasteiger partial charge in [0.05, 0.1) is 19.3 Å². The Morgan fingerprint density at radius 2 is 2.17 bits per heavy atom. The van der Waals surface area contributed by atoms with Crippen molar-refractivity contribution in [2.45, 2.75) is 19.0 Å². The van der Waals surface area contributed by atoms with Crippen LogP contribution < -0.4 is 5.32 Å². The summed E-state index contributed by atoms with van der Waals surface area (Å²) in [5, 5.41) is 3.02. The molecule has 0 bridgehead atoms. The van der Waals surface area contributed by atoms with E-state index in [0.29, 0.717) is 25.6 Å². The molecule has 1 aliphatic rings. The first-order valence-corrected chi connectivity index (χ1v) is 7.94. The van der Waals surface area contributed by atoms with Crippen molar-refractivity contribution in [1.82, 2.24) is 19.8 Å². The van der Waals surface area contributed by atoms with Crippen molar-refractivity contribution in [2.75, 3.05) is 19.8 Å². The molecule has 1 aliphatic heterocycles. The van der Waals surface area contributed by atoms with Crippen LogP contribution in [0.2, 0.25) is 0 Å². The molecule has 0 radical (unpaired) electrons. The third kappa shape index (κ3) is 3.41. The van der Waals surface area contributed by atoms with Gasteiger partial charge < -0.3 is 19.5 Å². The van der Waals surface area contributed by atoms with E-state index >= 15 is 0 Å². The predicted octanol–water partition coefficient (Wildman–Crippen LogP) is 2.08. The molecule has 6 nitrogen and oxygen atoms in total. The normalized spacial score (nSPS) is 19.1. The average Bonchev–Trinajstić information content (AvgIpc) is 2.99. The fraction of sp³-hybridized carbons (Fsp3) is 0.412. The van der Waals surface area contributed by atoms with Crippen LogP contribution in [0.15, 0.2) is 36.7 Å². The smallest absolute Gasteiger partial charge is 0.318 e. The molecule has 7 heteroatoms. The number of urea groups is 1. The van der Waals surface area contributed by atoms with Crippen LogP contribution in [-0.4, -0.2) is 46.3 Å². The lowest BCUT2D eigenvalue weighted by Gasteiger charge is -2.34. The minimum Gasteiger partial charge on any atom is -0.377 e. The summed E-state index contributed by atoms with van der Waals surface area (Å²) in [5.41, 5.74) is 0.778. The maximum Gasteiger partial charge on any atom is 0.318 e. The third-order valence-corrected chi connectivity index (χ3v) is 4.22. The first-order valence-electron chi connectivity index (χ1n) is 7.94. The zero-order valence-corrected chi connectivity index (χ0v) is 13.8. The number of carbonyl (C=O) groups excluding carboxylic acids is 1. The summed E-state index contributed by atoms with van der Waals surface area (Å²) in [4.78, 5) is 18.8. The molecule has 24 heavy (non-hydrogen) atoms. The van der Waals surface area contributed by atoms with Gasteiger partial charge in [0.15, 0.2) is 0 Å². The van der Waals surface area contributed by atoms with Gasteiger partial charge in [-0.15, -0.1) is 0 Å². The van der Waals surface area contributed by atoms with Crippen LogP contribution in [0.3, 0.4) is 0 Å². The molecular weight excluding hydrogens is 311 g/mol. The first kappa shape index (κ1) is 16.4. The van der Waals surface area contributed by atoms with Gasteiger partial charge in [0.1, 0.15) is 17.7 Å². The molecule has 2 amide bonds. The molecule has 2 heterocycles. The van der Waals surface area contributed by atoms with E-state index in [-0.39, 0.29) is 17.9 Å². The van der Waals surface area contributed by atoms with Gasteiger partial charge in [0, 0.05) is 26.0 Å². The molecule has 0 spiro atoms. The number of benzene rings is 1. The number of ether oxygens (including phenoxy) is 1. The minimum atomic E-state index is -0.451. The molecule has 0 aliphatic carbocycles. The van der Waals surface area contributed by atoms with Crippen molar-refractivity contribution >= 4 is 6.03 Å². The zero-order chi connectivity index (χ0) is 17.1. The maximum atomic E-state index is 13.2. The van der Waals surface area contributed by atoms with Gasteiger partial charge in [-0.1, -0.05) is 12.1 Å². The Morgan fingerprint density at radius 1 is 1.42 bits per heavy atom. The van der Waals surface area contributed by atoms with Crippen LogP contribution in [0, 0.1) is 5.82 Å². The van der Waals surface area contributed by atoms with Crippen LogP contribution >= 0.6 is 0 Å². The number of imidazole rings is 1. The van der Waals surface area contributed by atoms with Crippen molar-refractivity contribution in [3.63, 3.8) is 0 Å². The predicted molar refractivity (Wildman–Crippen MR) is 87.0 cm³/mol. The monoisotopic (exact) mass is 332 g/mol. The summed E-state index contributed by atoms with van der Waals surface area (Å²) >= 11 is 0. The van der Waals surface area contributed by atoms with Gasteiger partial charge in [0.25, 0.3) is 0 Å². The van der Waals surface area contributed by atoms with E-state index in [1.54, 1.807) is 23.2 Å². The van der Waals surface area contributed by atoms with Crippen LogP contribution in [0.25, 0.3) is 0 Å². The molecule has 2 aromatic rings. The molecular formula is C17H21FN4O2. The highest BCUT2D eigenvalue weighted by atomic mass is 19.1. The van der Waals surface area contributed by atoms with Gasteiger partial charge in [-0.05, 0) is 24.6 Å². The van der Waals surface area contributed by atoms with Crippen LogP contribution in [0.4, 0.5) is 9.18 Å². The number of nitrogens with one attached hydrogen (secondary N) is 1. The fourth-order valence-electron chi connectivity index (χ4n) is 2.84. The molecule has 1 N–H and O–H groups in total. The third-order valence-electron chi connectivity index (χ3n) is 4.22. The highest BCUT2D eigenvalue weighted by Gasteiger charge is 2.28. The van der Waals surface area contributed by atoms with Gasteiger partial charge >= 0.3 is 6.03 Å². The Kier molecular flexibility index (Phi) is 4.80.